The fraction of sp³-hybridized carbons (Fsp3) is 0.0769. The van der Waals surface area contributed by atoms with Crippen LogP contribution in [0.4, 0.5) is 0 Å². The third kappa shape index (κ3) is 7.07. The molecule has 248 valence electrons. The monoisotopic (exact) mass is 699 g/mol. The third-order valence-electron chi connectivity index (χ3n) is 7.70. The molecule has 0 aliphatic heterocycles. The molecule has 4 aromatic carbocycles. The number of thiazole rings is 1. The van der Waals surface area contributed by atoms with Gasteiger partial charge in [0.05, 0.1) is 17.3 Å². The highest BCUT2D eigenvalue weighted by atomic mass is 35.5. The van der Waals surface area contributed by atoms with Crippen molar-refractivity contribution in [3.63, 3.8) is 0 Å². The first-order chi connectivity index (χ1) is 24.5. The van der Waals surface area contributed by atoms with Crippen LogP contribution in [0, 0.1) is 0 Å². The van der Waals surface area contributed by atoms with Crippen LogP contribution in [0.25, 0.3) is 40.1 Å². The van der Waals surface area contributed by atoms with Crippen molar-refractivity contribution in [2.24, 2.45) is 0 Å². The van der Waals surface area contributed by atoms with Crippen LogP contribution in [0.2, 0.25) is 5.02 Å². The van der Waals surface area contributed by atoms with E-state index < -0.39 is 0 Å². The number of rotatable bonds is 12. The van der Waals surface area contributed by atoms with Crippen LogP contribution in [0.15, 0.2) is 121 Å². The second kappa shape index (κ2) is 14.7. The molecule has 7 rings (SSSR count). The first-order valence-corrected chi connectivity index (χ1v) is 16.8. The van der Waals surface area contributed by atoms with Crippen LogP contribution in [0.3, 0.4) is 0 Å². The summed E-state index contributed by atoms with van der Waals surface area (Å²) in [6.45, 7) is 4.41. The van der Waals surface area contributed by atoms with Crippen molar-refractivity contribution in [3.05, 3.63) is 158 Å². The highest BCUT2D eigenvalue weighted by Gasteiger charge is 2.15. The Morgan fingerprint density at radius 1 is 0.900 bits per heavy atom. The topological polar surface area (TPSA) is 92.8 Å². The molecular formula is C39H30ClN5O4S. The summed E-state index contributed by atoms with van der Waals surface area (Å²) in [5.74, 6) is 2.34. The van der Waals surface area contributed by atoms with Gasteiger partial charge in [0, 0.05) is 27.9 Å². The summed E-state index contributed by atoms with van der Waals surface area (Å²) in [5, 5.41) is 10.0. The van der Waals surface area contributed by atoms with Crippen LogP contribution < -0.4 is 24.3 Å². The molecule has 0 aliphatic rings. The minimum atomic E-state index is -0.260. The molecule has 9 nitrogen and oxygen atoms in total. The number of aromatic nitrogens is 5. The molecule has 0 saturated heterocycles. The zero-order valence-electron chi connectivity index (χ0n) is 26.9. The third-order valence-corrected chi connectivity index (χ3v) is 9.03. The average Bonchev–Trinajstić information content (AvgIpc) is 3.84. The van der Waals surface area contributed by atoms with Crippen LogP contribution in [0.1, 0.15) is 22.5 Å². The molecule has 0 N–H and O–H groups in total. The lowest BCUT2D eigenvalue weighted by molar-refractivity contribution is 0.306. The molecule has 7 aromatic rings. The van der Waals surface area contributed by atoms with Gasteiger partial charge in [-0.3, -0.25) is 4.79 Å². The fourth-order valence-corrected chi connectivity index (χ4v) is 6.30. The second-order valence-electron chi connectivity index (χ2n) is 11.0. The number of halogens is 1. The van der Waals surface area contributed by atoms with Gasteiger partial charge in [-0.25, -0.2) is 4.68 Å². The standard InChI is InChI=1S/C39H30ClN5O4S/c1-3-21-48-33-19-13-26(22-34(33)47-2)14-20-36-41-39-45(42-36)38(46)35(50-39)23-29-24-44(30-10-5-4-6-11-30)43-37(29)27-15-17-31(18-16-27)49-25-28-9-7-8-12-32(28)40/h3-20,22-24H,1,21,25H2,2H3/b20-14+,35-23-. The van der Waals surface area contributed by atoms with Crippen molar-refractivity contribution in [2.45, 2.75) is 6.61 Å². The summed E-state index contributed by atoms with van der Waals surface area (Å²) in [6.07, 6.45) is 9.04. The molecule has 0 unspecified atom stereocenters. The van der Waals surface area contributed by atoms with Gasteiger partial charge >= 0.3 is 0 Å². The van der Waals surface area contributed by atoms with Crippen LogP contribution >= 0.6 is 22.9 Å². The summed E-state index contributed by atoms with van der Waals surface area (Å²) in [5.41, 5.74) is 4.76. The zero-order chi connectivity index (χ0) is 34.5. The minimum absolute atomic E-state index is 0.260. The normalized spacial score (nSPS) is 11.8. The first kappa shape index (κ1) is 32.6. The van der Waals surface area contributed by atoms with Gasteiger partial charge in [0.1, 0.15) is 24.7 Å². The predicted molar refractivity (Wildman–Crippen MR) is 198 cm³/mol. The lowest BCUT2D eigenvalue weighted by atomic mass is 10.1. The Morgan fingerprint density at radius 2 is 1.70 bits per heavy atom. The molecule has 0 saturated carbocycles. The number of fused-ring (bicyclic) bond motifs is 1. The maximum atomic E-state index is 13.5. The molecule has 0 spiro atoms. The number of benzene rings is 4. The quantitative estimate of drug-likeness (QED) is 0.122. The van der Waals surface area contributed by atoms with Gasteiger partial charge < -0.3 is 14.2 Å². The Balaban J connectivity index is 1.17. The number of nitrogens with zero attached hydrogens (tertiary/aromatic N) is 5. The lowest BCUT2D eigenvalue weighted by Gasteiger charge is -2.09. The molecule has 3 heterocycles. The summed E-state index contributed by atoms with van der Waals surface area (Å²) < 4.78 is 20.7. The number of hydrogen-bond acceptors (Lipinski definition) is 8. The van der Waals surface area contributed by atoms with E-state index in [-0.39, 0.29) is 5.56 Å². The van der Waals surface area contributed by atoms with Crippen molar-refractivity contribution < 1.29 is 14.2 Å². The highest BCUT2D eigenvalue weighted by molar-refractivity contribution is 7.15. The highest BCUT2D eigenvalue weighted by Crippen LogP contribution is 2.29. The molecule has 3 aromatic heterocycles. The lowest BCUT2D eigenvalue weighted by Crippen LogP contribution is -2.23. The SMILES string of the molecule is C=CCOc1ccc(/C=C/c2nc3s/c(=C\c4cn(-c5ccccc5)nc4-c4ccc(OCc5ccccc5Cl)cc4)c(=O)n3n2)cc1OC. The molecule has 0 radical (unpaired) electrons. The Kier molecular flexibility index (Phi) is 9.54. The largest absolute Gasteiger partial charge is 0.493 e. The van der Waals surface area contributed by atoms with Crippen molar-refractivity contribution in [1.82, 2.24) is 24.4 Å². The first-order valence-electron chi connectivity index (χ1n) is 15.6. The van der Waals surface area contributed by atoms with E-state index in [0.29, 0.717) is 56.5 Å². The number of ether oxygens (including phenoxy) is 3. The van der Waals surface area contributed by atoms with E-state index in [9.17, 15) is 4.79 Å². The molecule has 50 heavy (non-hydrogen) atoms. The molecule has 11 heteroatoms. The maximum Gasteiger partial charge on any atom is 0.291 e. The van der Waals surface area contributed by atoms with Gasteiger partial charge in [-0.2, -0.15) is 14.6 Å². The second-order valence-corrected chi connectivity index (χ2v) is 12.5. The Bertz CT molecular complexity index is 2430. The molecular weight excluding hydrogens is 670 g/mol. The van der Waals surface area contributed by atoms with Crippen LogP contribution in [0.5, 0.6) is 17.2 Å². The van der Waals surface area contributed by atoms with Crippen LogP contribution in [-0.2, 0) is 6.61 Å². The predicted octanol–water partition coefficient (Wildman–Crippen LogP) is 7.53. The van der Waals surface area contributed by atoms with Gasteiger partial charge in [0.25, 0.3) is 5.56 Å². The van der Waals surface area contributed by atoms with Gasteiger partial charge in [0.2, 0.25) is 4.96 Å². The molecule has 0 amide bonds. The smallest absolute Gasteiger partial charge is 0.291 e. The van der Waals surface area contributed by atoms with Crippen LogP contribution in [-0.4, -0.2) is 38.1 Å². The molecule has 0 aliphatic carbocycles. The summed E-state index contributed by atoms with van der Waals surface area (Å²) in [6, 6.07) is 30.7. The Morgan fingerprint density at radius 3 is 2.46 bits per heavy atom. The van der Waals surface area contributed by atoms with Gasteiger partial charge in [-0.1, -0.05) is 84.1 Å². The Labute approximate surface area is 296 Å². The average molecular weight is 700 g/mol. The van der Waals surface area contributed by atoms with Gasteiger partial charge in [-0.05, 0) is 72.3 Å². The van der Waals surface area contributed by atoms with E-state index in [2.05, 4.69) is 16.7 Å². The number of hydrogen-bond donors (Lipinski definition) is 0. The van der Waals surface area contributed by atoms with Crippen molar-refractivity contribution in [2.75, 3.05) is 13.7 Å². The Hall–Kier alpha value is -5.97. The van der Waals surface area contributed by atoms with Gasteiger partial charge in [0.15, 0.2) is 17.3 Å². The summed E-state index contributed by atoms with van der Waals surface area (Å²) in [7, 11) is 1.59. The van der Waals surface area contributed by atoms with Crippen molar-refractivity contribution in [3.8, 4) is 34.2 Å². The number of methoxy groups -OCH3 is 1. The summed E-state index contributed by atoms with van der Waals surface area (Å²) >= 11 is 7.56. The van der Waals surface area contributed by atoms with Crippen molar-refractivity contribution in [1.29, 1.82) is 0 Å². The minimum Gasteiger partial charge on any atom is -0.493 e. The van der Waals surface area contributed by atoms with E-state index in [4.69, 9.17) is 30.9 Å². The van der Waals surface area contributed by atoms with E-state index in [1.807, 2.05) is 115 Å². The van der Waals surface area contributed by atoms with E-state index >= 15 is 0 Å². The fourth-order valence-electron chi connectivity index (χ4n) is 5.20. The maximum absolute atomic E-state index is 13.5. The molecule has 0 fully saturated rings. The zero-order valence-corrected chi connectivity index (χ0v) is 28.5. The molecule has 0 bridgehead atoms. The van der Waals surface area contributed by atoms with E-state index in [1.165, 1.54) is 15.9 Å². The summed E-state index contributed by atoms with van der Waals surface area (Å²) in [4.78, 5) is 18.6. The molecule has 0 atom stereocenters. The number of para-hydroxylation sites is 1. The van der Waals surface area contributed by atoms with E-state index in [1.54, 1.807) is 23.9 Å². The van der Waals surface area contributed by atoms with Gasteiger partial charge in [-0.15, -0.1) is 5.10 Å². The van der Waals surface area contributed by atoms with Crippen molar-refractivity contribution >= 4 is 46.1 Å². The van der Waals surface area contributed by atoms with E-state index in [0.717, 1.165) is 27.9 Å².